The summed E-state index contributed by atoms with van der Waals surface area (Å²) in [7, 11) is 0. The Labute approximate surface area is 138 Å². The van der Waals surface area contributed by atoms with E-state index < -0.39 is 0 Å². The van der Waals surface area contributed by atoms with Crippen LogP contribution in [-0.2, 0) is 6.42 Å². The SMILES string of the molecule is CCCNC(CCN(CC)CC)Cc1ccc(I)cc1. The van der Waals surface area contributed by atoms with Crippen LogP contribution in [0, 0.1) is 3.57 Å². The van der Waals surface area contributed by atoms with Crippen LogP contribution in [0.15, 0.2) is 24.3 Å². The number of nitrogens with zero attached hydrogens (tertiary/aromatic N) is 1. The molecule has 0 saturated carbocycles. The Morgan fingerprint density at radius 2 is 1.75 bits per heavy atom. The molecule has 0 spiro atoms. The van der Waals surface area contributed by atoms with Gasteiger partial charge in [0.05, 0.1) is 0 Å². The molecule has 1 N–H and O–H groups in total. The standard InChI is InChI=1S/C17H29IN2/c1-4-12-19-17(11-13-20(5-2)6-3)14-15-7-9-16(18)10-8-15/h7-10,17,19H,4-6,11-14H2,1-3H3. The van der Waals surface area contributed by atoms with Crippen LogP contribution >= 0.6 is 22.6 Å². The van der Waals surface area contributed by atoms with E-state index in [0.717, 1.165) is 26.1 Å². The maximum absolute atomic E-state index is 3.71. The molecule has 0 radical (unpaired) electrons. The van der Waals surface area contributed by atoms with Gasteiger partial charge in [0, 0.05) is 9.61 Å². The molecule has 0 heterocycles. The summed E-state index contributed by atoms with van der Waals surface area (Å²) in [6.07, 6.45) is 3.57. The predicted molar refractivity (Wildman–Crippen MR) is 97.3 cm³/mol. The zero-order valence-corrected chi connectivity index (χ0v) is 15.3. The first kappa shape index (κ1) is 17.9. The van der Waals surface area contributed by atoms with Crippen LogP contribution in [0.5, 0.6) is 0 Å². The Balaban J connectivity index is 2.52. The van der Waals surface area contributed by atoms with Crippen LogP contribution in [0.4, 0.5) is 0 Å². The van der Waals surface area contributed by atoms with Gasteiger partial charge < -0.3 is 10.2 Å². The average molecular weight is 388 g/mol. The summed E-state index contributed by atoms with van der Waals surface area (Å²) >= 11 is 2.37. The van der Waals surface area contributed by atoms with Crippen molar-refractivity contribution in [1.82, 2.24) is 10.2 Å². The molecule has 0 amide bonds. The van der Waals surface area contributed by atoms with Gasteiger partial charge in [0.15, 0.2) is 0 Å². The molecule has 1 atom stereocenters. The number of hydrogen-bond donors (Lipinski definition) is 1. The summed E-state index contributed by atoms with van der Waals surface area (Å²) in [5.41, 5.74) is 1.44. The zero-order chi connectivity index (χ0) is 14.8. The molecule has 0 fully saturated rings. The van der Waals surface area contributed by atoms with E-state index in [4.69, 9.17) is 0 Å². The molecule has 1 rings (SSSR count). The van der Waals surface area contributed by atoms with Crippen molar-refractivity contribution in [3.05, 3.63) is 33.4 Å². The van der Waals surface area contributed by atoms with Crippen molar-refractivity contribution in [3.8, 4) is 0 Å². The molecule has 2 nitrogen and oxygen atoms in total. The van der Waals surface area contributed by atoms with Gasteiger partial charge in [-0.15, -0.1) is 0 Å². The van der Waals surface area contributed by atoms with E-state index in [0.29, 0.717) is 6.04 Å². The van der Waals surface area contributed by atoms with Crippen molar-refractivity contribution in [3.63, 3.8) is 0 Å². The lowest BCUT2D eigenvalue weighted by atomic mass is 10.0. The highest BCUT2D eigenvalue weighted by molar-refractivity contribution is 14.1. The number of rotatable bonds is 10. The van der Waals surface area contributed by atoms with E-state index >= 15 is 0 Å². The van der Waals surface area contributed by atoms with Crippen molar-refractivity contribution < 1.29 is 0 Å². The van der Waals surface area contributed by atoms with Crippen LogP contribution < -0.4 is 5.32 Å². The monoisotopic (exact) mass is 388 g/mol. The minimum Gasteiger partial charge on any atom is -0.314 e. The average Bonchev–Trinajstić information content (AvgIpc) is 2.47. The fourth-order valence-electron chi connectivity index (χ4n) is 2.41. The Kier molecular flexibility index (Phi) is 9.48. The number of benzene rings is 1. The van der Waals surface area contributed by atoms with Gasteiger partial charge in [-0.3, -0.25) is 0 Å². The molecule has 0 saturated heterocycles. The Bertz CT molecular complexity index is 347. The van der Waals surface area contributed by atoms with Crippen LogP contribution in [0.1, 0.15) is 39.2 Å². The van der Waals surface area contributed by atoms with Crippen LogP contribution in [0.25, 0.3) is 0 Å². The third-order valence-electron chi connectivity index (χ3n) is 3.77. The topological polar surface area (TPSA) is 15.3 Å². The van der Waals surface area contributed by atoms with Crippen molar-refractivity contribution in [1.29, 1.82) is 0 Å². The third kappa shape index (κ3) is 7.04. The minimum absolute atomic E-state index is 0.593. The third-order valence-corrected chi connectivity index (χ3v) is 4.49. The van der Waals surface area contributed by atoms with E-state index in [-0.39, 0.29) is 0 Å². The molecule has 0 aromatic heterocycles. The summed E-state index contributed by atoms with van der Waals surface area (Å²) in [4.78, 5) is 2.51. The molecule has 1 unspecified atom stereocenters. The fourth-order valence-corrected chi connectivity index (χ4v) is 2.77. The summed E-state index contributed by atoms with van der Waals surface area (Å²) < 4.78 is 1.31. The van der Waals surface area contributed by atoms with Gasteiger partial charge in [-0.2, -0.15) is 0 Å². The molecule has 0 aliphatic carbocycles. The highest BCUT2D eigenvalue weighted by Gasteiger charge is 2.10. The Morgan fingerprint density at radius 1 is 1.10 bits per heavy atom. The lowest BCUT2D eigenvalue weighted by molar-refractivity contribution is 0.280. The fraction of sp³-hybridized carbons (Fsp3) is 0.647. The number of halogens is 1. The first-order valence-corrected chi connectivity index (χ1v) is 8.97. The first-order chi connectivity index (χ1) is 9.69. The van der Waals surface area contributed by atoms with E-state index in [1.165, 1.54) is 28.5 Å². The molecular formula is C17H29IN2. The van der Waals surface area contributed by atoms with Gasteiger partial charge in [-0.25, -0.2) is 0 Å². The maximum atomic E-state index is 3.71. The Hall–Kier alpha value is -0.130. The number of nitrogens with one attached hydrogen (secondary N) is 1. The normalized spacial score (nSPS) is 12.8. The first-order valence-electron chi connectivity index (χ1n) is 7.89. The highest BCUT2D eigenvalue weighted by Crippen LogP contribution is 2.11. The lowest BCUT2D eigenvalue weighted by Gasteiger charge is -2.24. The van der Waals surface area contributed by atoms with Crippen molar-refractivity contribution in [2.45, 2.75) is 46.1 Å². The molecule has 1 aromatic carbocycles. The van der Waals surface area contributed by atoms with E-state index in [1.54, 1.807) is 0 Å². The molecule has 3 heteroatoms. The second-order valence-electron chi connectivity index (χ2n) is 5.30. The molecular weight excluding hydrogens is 359 g/mol. The largest absolute Gasteiger partial charge is 0.314 e. The lowest BCUT2D eigenvalue weighted by Crippen LogP contribution is -2.36. The van der Waals surface area contributed by atoms with Gasteiger partial charge in [0.2, 0.25) is 0 Å². The number of hydrogen-bond acceptors (Lipinski definition) is 2. The van der Waals surface area contributed by atoms with Crippen LogP contribution in [0.2, 0.25) is 0 Å². The smallest absolute Gasteiger partial charge is 0.0130 e. The van der Waals surface area contributed by atoms with Crippen LogP contribution in [0.3, 0.4) is 0 Å². The zero-order valence-electron chi connectivity index (χ0n) is 13.2. The molecule has 0 aliphatic rings. The molecule has 1 aromatic rings. The van der Waals surface area contributed by atoms with Crippen molar-refractivity contribution in [2.24, 2.45) is 0 Å². The predicted octanol–water partition coefficient (Wildman–Crippen LogP) is 3.93. The summed E-state index contributed by atoms with van der Waals surface area (Å²) in [6.45, 7) is 11.3. The maximum Gasteiger partial charge on any atom is 0.0130 e. The van der Waals surface area contributed by atoms with Crippen LogP contribution in [-0.4, -0.2) is 37.1 Å². The Morgan fingerprint density at radius 3 is 2.30 bits per heavy atom. The molecule has 20 heavy (non-hydrogen) atoms. The summed E-state index contributed by atoms with van der Waals surface area (Å²) in [5.74, 6) is 0. The van der Waals surface area contributed by atoms with Gasteiger partial charge in [-0.05, 0) is 85.7 Å². The van der Waals surface area contributed by atoms with Gasteiger partial charge in [0.25, 0.3) is 0 Å². The van der Waals surface area contributed by atoms with Gasteiger partial charge >= 0.3 is 0 Å². The molecule has 0 aliphatic heterocycles. The minimum atomic E-state index is 0.593. The quantitative estimate of drug-likeness (QED) is 0.611. The van der Waals surface area contributed by atoms with Crippen molar-refractivity contribution in [2.75, 3.05) is 26.2 Å². The molecule has 114 valence electrons. The van der Waals surface area contributed by atoms with E-state index in [9.17, 15) is 0 Å². The van der Waals surface area contributed by atoms with Gasteiger partial charge in [0.1, 0.15) is 0 Å². The van der Waals surface area contributed by atoms with Gasteiger partial charge in [-0.1, -0.05) is 32.9 Å². The van der Waals surface area contributed by atoms with Crippen molar-refractivity contribution >= 4 is 22.6 Å². The van der Waals surface area contributed by atoms with E-state index in [1.807, 2.05) is 0 Å². The second kappa shape index (κ2) is 10.6. The molecule has 0 bridgehead atoms. The second-order valence-corrected chi connectivity index (χ2v) is 6.54. The summed E-state index contributed by atoms with van der Waals surface area (Å²) in [5, 5.41) is 3.71. The summed E-state index contributed by atoms with van der Waals surface area (Å²) in [6, 6.07) is 9.53. The van der Waals surface area contributed by atoms with E-state index in [2.05, 4.69) is 77.8 Å². The highest BCUT2D eigenvalue weighted by atomic mass is 127.